The largest absolute Gasteiger partial charge is 0.399 e. The van der Waals surface area contributed by atoms with Gasteiger partial charge in [-0.2, -0.15) is 0 Å². The van der Waals surface area contributed by atoms with Crippen LogP contribution in [0.25, 0.3) is 0 Å². The summed E-state index contributed by atoms with van der Waals surface area (Å²) in [7, 11) is -2.42. The van der Waals surface area contributed by atoms with Crippen LogP contribution in [0.1, 0.15) is 0 Å². The number of hydroxylamine groups is 1. The Labute approximate surface area is 94.2 Å². The van der Waals surface area contributed by atoms with E-state index in [0.29, 0.717) is 5.69 Å². The summed E-state index contributed by atoms with van der Waals surface area (Å²) in [4.78, 5) is 4.89. The number of hydrogen-bond donors (Lipinski definition) is 2. The van der Waals surface area contributed by atoms with Crippen LogP contribution in [0, 0.1) is 0 Å². The van der Waals surface area contributed by atoms with Gasteiger partial charge in [0.05, 0.1) is 18.1 Å². The van der Waals surface area contributed by atoms with E-state index in [-0.39, 0.29) is 18.1 Å². The third-order valence-corrected chi connectivity index (χ3v) is 3.53. The topological polar surface area (TPSA) is 92.9 Å². The van der Waals surface area contributed by atoms with Crippen LogP contribution in [-0.2, 0) is 14.9 Å². The Morgan fingerprint density at radius 2 is 1.94 bits per heavy atom. The van der Waals surface area contributed by atoms with Gasteiger partial charge in [0.2, 0.25) is 0 Å². The average molecular weight is 246 g/mol. The molecule has 0 heterocycles. The smallest absolute Gasteiger partial charge is 0.264 e. The van der Waals surface area contributed by atoms with Gasteiger partial charge in [-0.15, -0.1) is 0 Å². The van der Waals surface area contributed by atoms with Gasteiger partial charge < -0.3 is 10.8 Å². The number of sulfonamides is 1. The van der Waals surface area contributed by atoms with E-state index in [2.05, 4.69) is 0 Å². The fraction of sp³-hybridized carbons (Fsp3) is 0.333. The molecule has 0 amide bonds. The van der Waals surface area contributed by atoms with Crippen molar-refractivity contribution in [2.75, 3.05) is 26.0 Å². The number of anilines is 1. The van der Waals surface area contributed by atoms with Crippen LogP contribution in [0.15, 0.2) is 29.2 Å². The van der Waals surface area contributed by atoms with E-state index in [4.69, 9.17) is 15.7 Å². The zero-order valence-electron chi connectivity index (χ0n) is 8.83. The van der Waals surface area contributed by atoms with E-state index >= 15 is 0 Å². The number of rotatable bonds is 5. The summed E-state index contributed by atoms with van der Waals surface area (Å²) in [5.74, 6) is 0. The molecule has 0 fully saturated rings. The molecule has 3 N–H and O–H groups in total. The standard InChI is InChI=1S/C9H14N2O4S/c1-11(15-7-6-12)16(13,14)9-4-2-8(10)3-5-9/h2-5,12H,6-7,10H2,1H3. The zero-order chi connectivity index (χ0) is 12.2. The second-order valence-electron chi connectivity index (χ2n) is 3.04. The Morgan fingerprint density at radius 3 is 2.44 bits per heavy atom. The Kier molecular flexibility index (Phi) is 4.25. The molecule has 6 nitrogen and oxygen atoms in total. The van der Waals surface area contributed by atoms with Crippen LogP contribution < -0.4 is 5.73 Å². The van der Waals surface area contributed by atoms with Crippen LogP contribution in [0.3, 0.4) is 0 Å². The van der Waals surface area contributed by atoms with E-state index in [0.717, 1.165) is 4.47 Å². The van der Waals surface area contributed by atoms with Crippen LogP contribution in [0.5, 0.6) is 0 Å². The van der Waals surface area contributed by atoms with Gasteiger partial charge in [-0.1, -0.05) is 4.47 Å². The lowest BCUT2D eigenvalue weighted by Crippen LogP contribution is -2.28. The molecule has 0 bridgehead atoms. The number of aliphatic hydroxyl groups is 1. The Balaban J connectivity index is 2.89. The maximum absolute atomic E-state index is 11.8. The highest BCUT2D eigenvalue weighted by Gasteiger charge is 2.21. The van der Waals surface area contributed by atoms with E-state index in [1.807, 2.05) is 0 Å². The minimum atomic E-state index is -3.68. The summed E-state index contributed by atoms with van der Waals surface area (Å²) in [5.41, 5.74) is 5.94. The van der Waals surface area contributed by atoms with Crippen molar-refractivity contribution in [2.45, 2.75) is 4.90 Å². The van der Waals surface area contributed by atoms with Gasteiger partial charge in [-0.3, -0.25) is 4.84 Å². The van der Waals surface area contributed by atoms with Gasteiger partial charge in [0.1, 0.15) is 0 Å². The molecule has 16 heavy (non-hydrogen) atoms. The molecule has 90 valence electrons. The molecule has 0 saturated heterocycles. The summed E-state index contributed by atoms with van der Waals surface area (Å²) in [6.45, 7) is -0.327. The van der Waals surface area contributed by atoms with Crippen molar-refractivity contribution in [3.8, 4) is 0 Å². The van der Waals surface area contributed by atoms with Gasteiger partial charge in [-0.25, -0.2) is 8.42 Å². The molecule has 1 aromatic rings. The number of benzene rings is 1. The lowest BCUT2D eigenvalue weighted by atomic mass is 10.3. The minimum Gasteiger partial charge on any atom is -0.399 e. The maximum atomic E-state index is 11.8. The van der Waals surface area contributed by atoms with Crippen molar-refractivity contribution in [1.82, 2.24) is 4.47 Å². The second kappa shape index (κ2) is 5.26. The number of aliphatic hydroxyl groups excluding tert-OH is 1. The molecule has 0 aliphatic heterocycles. The van der Waals surface area contributed by atoms with Crippen molar-refractivity contribution >= 4 is 15.7 Å². The Morgan fingerprint density at radius 1 is 1.38 bits per heavy atom. The summed E-state index contributed by atoms with van der Waals surface area (Å²) >= 11 is 0. The molecule has 0 unspecified atom stereocenters. The Bertz CT molecular complexity index is 429. The summed E-state index contributed by atoms with van der Waals surface area (Å²) < 4.78 is 24.4. The van der Waals surface area contributed by atoms with E-state index in [9.17, 15) is 8.42 Å². The average Bonchev–Trinajstić information content (AvgIpc) is 2.26. The highest BCUT2D eigenvalue weighted by atomic mass is 32.2. The van der Waals surface area contributed by atoms with E-state index in [1.165, 1.54) is 31.3 Å². The van der Waals surface area contributed by atoms with Gasteiger partial charge in [0, 0.05) is 12.7 Å². The highest BCUT2D eigenvalue weighted by Crippen LogP contribution is 2.15. The molecular weight excluding hydrogens is 232 g/mol. The molecule has 0 aliphatic carbocycles. The quantitative estimate of drug-likeness (QED) is 0.555. The van der Waals surface area contributed by atoms with Crippen molar-refractivity contribution in [2.24, 2.45) is 0 Å². The predicted molar refractivity (Wildman–Crippen MR) is 58.8 cm³/mol. The van der Waals surface area contributed by atoms with Gasteiger partial charge in [0.15, 0.2) is 0 Å². The molecule has 0 spiro atoms. The molecule has 0 atom stereocenters. The van der Waals surface area contributed by atoms with Crippen LogP contribution in [0.4, 0.5) is 5.69 Å². The fourth-order valence-electron chi connectivity index (χ4n) is 1.03. The second-order valence-corrected chi connectivity index (χ2v) is 4.98. The summed E-state index contributed by atoms with van der Waals surface area (Å²) in [6.07, 6.45) is 0. The lowest BCUT2D eigenvalue weighted by Gasteiger charge is -2.16. The van der Waals surface area contributed by atoms with E-state index in [1.54, 1.807) is 0 Å². The normalized spacial score (nSPS) is 11.9. The van der Waals surface area contributed by atoms with Crippen LogP contribution in [0.2, 0.25) is 0 Å². The number of hydrogen-bond acceptors (Lipinski definition) is 5. The maximum Gasteiger partial charge on any atom is 0.264 e. The molecular formula is C9H14N2O4S. The van der Waals surface area contributed by atoms with Crippen LogP contribution in [-0.4, -0.2) is 38.3 Å². The monoisotopic (exact) mass is 246 g/mol. The molecule has 7 heteroatoms. The molecule has 0 radical (unpaired) electrons. The van der Waals surface area contributed by atoms with Gasteiger partial charge in [0.25, 0.3) is 10.0 Å². The van der Waals surface area contributed by atoms with E-state index < -0.39 is 10.0 Å². The first-order chi connectivity index (χ1) is 7.48. The third kappa shape index (κ3) is 2.92. The first-order valence-electron chi connectivity index (χ1n) is 4.56. The highest BCUT2D eigenvalue weighted by molar-refractivity contribution is 7.89. The van der Waals surface area contributed by atoms with Gasteiger partial charge in [-0.05, 0) is 24.3 Å². The predicted octanol–water partition coefficient (Wildman–Crippen LogP) is -0.187. The lowest BCUT2D eigenvalue weighted by molar-refractivity contribution is -0.0770. The van der Waals surface area contributed by atoms with Crippen molar-refractivity contribution in [3.05, 3.63) is 24.3 Å². The number of nitrogen functional groups attached to an aromatic ring is 1. The Hall–Kier alpha value is -1.15. The van der Waals surface area contributed by atoms with Gasteiger partial charge >= 0.3 is 0 Å². The zero-order valence-corrected chi connectivity index (χ0v) is 9.64. The first-order valence-corrected chi connectivity index (χ1v) is 6.00. The molecule has 0 aliphatic rings. The molecule has 0 aromatic heterocycles. The number of nitrogens with zero attached hydrogens (tertiary/aromatic N) is 1. The third-order valence-electron chi connectivity index (χ3n) is 1.88. The molecule has 1 aromatic carbocycles. The fourth-order valence-corrected chi connectivity index (χ4v) is 2.02. The van der Waals surface area contributed by atoms with Crippen molar-refractivity contribution in [3.63, 3.8) is 0 Å². The summed E-state index contributed by atoms with van der Waals surface area (Å²) in [5, 5.41) is 8.52. The first kappa shape index (κ1) is 12.9. The minimum absolute atomic E-state index is 0.0787. The van der Waals surface area contributed by atoms with Crippen molar-refractivity contribution < 1.29 is 18.4 Å². The summed E-state index contributed by atoms with van der Waals surface area (Å²) in [6, 6.07) is 5.77. The number of nitrogens with two attached hydrogens (primary N) is 1. The SMILES string of the molecule is CN(OCCO)S(=O)(=O)c1ccc(N)cc1. The van der Waals surface area contributed by atoms with Crippen LogP contribution >= 0.6 is 0 Å². The molecule has 1 rings (SSSR count). The molecule has 0 saturated carbocycles. The van der Waals surface area contributed by atoms with Crippen molar-refractivity contribution in [1.29, 1.82) is 0 Å².